The largest absolute Gasteiger partial charge is 0.490 e. The van der Waals surface area contributed by atoms with E-state index in [2.05, 4.69) is 5.10 Å². The Labute approximate surface area is 183 Å². The summed E-state index contributed by atoms with van der Waals surface area (Å²) in [5, 5.41) is 4.87. The molecule has 3 aromatic rings. The predicted octanol–water partition coefficient (Wildman–Crippen LogP) is 4.00. The van der Waals surface area contributed by atoms with Gasteiger partial charge in [-0.25, -0.2) is 14.0 Å². The van der Waals surface area contributed by atoms with Gasteiger partial charge in [0.05, 0.1) is 11.6 Å². The van der Waals surface area contributed by atoms with Crippen LogP contribution in [0.3, 0.4) is 0 Å². The molecule has 0 bridgehead atoms. The maximum atomic E-state index is 12.7. The van der Waals surface area contributed by atoms with Crippen molar-refractivity contribution >= 4 is 29.3 Å². The zero-order valence-corrected chi connectivity index (χ0v) is 18.5. The van der Waals surface area contributed by atoms with Crippen molar-refractivity contribution in [2.24, 2.45) is 0 Å². The second kappa shape index (κ2) is 9.86. The summed E-state index contributed by atoms with van der Waals surface area (Å²) in [5.74, 6) is 0.779. The van der Waals surface area contributed by atoms with Gasteiger partial charge < -0.3 is 9.47 Å². The molecule has 0 atom stereocenters. The first-order chi connectivity index (χ1) is 14.3. The van der Waals surface area contributed by atoms with Gasteiger partial charge in [0, 0.05) is 16.8 Å². The summed E-state index contributed by atoms with van der Waals surface area (Å²) >= 11 is 7.56. The van der Waals surface area contributed by atoms with E-state index in [0.29, 0.717) is 17.5 Å². The fourth-order valence-corrected chi connectivity index (χ4v) is 3.72. The van der Waals surface area contributed by atoms with E-state index in [0.717, 1.165) is 27.5 Å². The zero-order chi connectivity index (χ0) is 21.7. The third-order valence-corrected chi connectivity index (χ3v) is 5.68. The molecule has 158 valence electrons. The second-order valence-corrected chi connectivity index (χ2v) is 8.03. The van der Waals surface area contributed by atoms with E-state index in [1.165, 1.54) is 34.3 Å². The highest BCUT2D eigenvalue weighted by molar-refractivity contribution is 7.98. The molecule has 30 heavy (non-hydrogen) atoms. The predicted molar refractivity (Wildman–Crippen MR) is 117 cm³/mol. The van der Waals surface area contributed by atoms with Crippen LogP contribution in [0.5, 0.6) is 5.75 Å². The van der Waals surface area contributed by atoms with Crippen molar-refractivity contribution in [2.45, 2.75) is 31.5 Å². The van der Waals surface area contributed by atoms with Gasteiger partial charge in [0.1, 0.15) is 25.3 Å². The van der Waals surface area contributed by atoms with E-state index in [9.17, 15) is 9.59 Å². The Morgan fingerprint density at radius 3 is 2.63 bits per heavy atom. The number of ether oxygens (including phenoxy) is 2. The van der Waals surface area contributed by atoms with E-state index >= 15 is 0 Å². The lowest BCUT2D eigenvalue weighted by Crippen LogP contribution is -2.23. The lowest BCUT2D eigenvalue weighted by molar-refractivity contribution is -0.141. The van der Waals surface area contributed by atoms with Crippen LogP contribution in [0.1, 0.15) is 18.1 Å². The Balaban J connectivity index is 1.62. The van der Waals surface area contributed by atoms with Crippen molar-refractivity contribution in [3.05, 3.63) is 69.4 Å². The van der Waals surface area contributed by atoms with Gasteiger partial charge in [-0.3, -0.25) is 4.79 Å². The molecule has 0 aliphatic heterocycles. The number of hydrogen-bond acceptors (Lipinski definition) is 6. The summed E-state index contributed by atoms with van der Waals surface area (Å²) in [5.41, 5.74) is 2.36. The van der Waals surface area contributed by atoms with Crippen molar-refractivity contribution in [2.75, 3.05) is 13.2 Å². The number of aryl methyl sites for hydroxylation is 2. The average molecular weight is 448 g/mol. The van der Waals surface area contributed by atoms with Crippen LogP contribution in [-0.4, -0.2) is 33.5 Å². The maximum Gasteiger partial charge on any atom is 0.351 e. The van der Waals surface area contributed by atoms with Crippen LogP contribution in [0.25, 0.3) is 5.69 Å². The molecule has 0 aliphatic carbocycles. The molecule has 0 saturated heterocycles. The maximum absolute atomic E-state index is 12.7. The molecule has 0 fully saturated rings. The van der Waals surface area contributed by atoms with Crippen molar-refractivity contribution in [1.82, 2.24) is 14.3 Å². The lowest BCUT2D eigenvalue weighted by atomic mass is 10.2. The molecule has 0 aliphatic rings. The number of halogens is 1. The van der Waals surface area contributed by atoms with E-state index in [1.54, 1.807) is 12.1 Å². The van der Waals surface area contributed by atoms with Gasteiger partial charge in [0.2, 0.25) is 0 Å². The minimum absolute atomic E-state index is 0.212. The first kappa shape index (κ1) is 22.0. The van der Waals surface area contributed by atoms with E-state index in [4.69, 9.17) is 21.1 Å². The van der Waals surface area contributed by atoms with Gasteiger partial charge in [0.25, 0.3) is 0 Å². The monoisotopic (exact) mass is 447 g/mol. The summed E-state index contributed by atoms with van der Waals surface area (Å²) in [4.78, 5) is 24.4. The van der Waals surface area contributed by atoms with Gasteiger partial charge in [-0.1, -0.05) is 11.6 Å². The highest BCUT2D eigenvalue weighted by Crippen LogP contribution is 2.26. The standard InChI is InChI=1S/C21H22ClN3O4S/c1-14-10-17(4-6-19(14)22)24-12-23-25(21(24)27)13-30-18-5-7-20(15(2)11-18)29-9-8-28-16(3)26/h4-7,10-12H,8-9,13H2,1-3H3. The molecule has 0 radical (unpaired) electrons. The Bertz CT molecular complexity index is 1110. The summed E-state index contributed by atoms with van der Waals surface area (Å²) in [6, 6.07) is 11.2. The molecule has 2 aromatic carbocycles. The molecule has 1 heterocycles. The van der Waals surface area contributed by atoms with Crippen LogP contribution in [0, 0.1) is 13.8 Å². The van der Waals surface area contributed by atoms with Crippen molar-refractivity contribution < 1.29 is 14.3 Å². The van der Waals surface area contributed by atoms with Crippen LogP contribution in [0.4, 0.5) is 0 Å². The van der Waals surface area contributed by atoms with E-state index in [1.807, 2.05) is 38.1 Å². The highest BCUT2D eigenvalue weighted by Gasteiger charge is 2.09. The molecule has 0 spiro atoms. The Morgan fingerprint density at radius 2 is 1.93 bits per heavy atom. The first-order valence-electron chi connectivity index (χ1n) is 9.26. The van der Waals surface area contributed by atoms with E-state index < -0.39 is 0 Å². The van der Waals surface area contributed by atoms with Crippen molar-refractivity contribution in [3.63, 3.8) is 0 Å². The lowest BCUT2D eigenvalue weighted by Gasteiger charge is -2.10. The number of aromatic nitrogens is 3. The average Bonchev–Trinajstić information content (AvgIpc) is 3.07. The number of nitrogens with zero attached hydrogens (tertiary/aromatic N) is 3. The normalized spacial score (nSPS) is 10.8. The number of esters is 1. The highest BCUT2D eigenvalue weighted by atomic mass is 35.5. The summed E-state index contributed by atoms with van der Waals surface area (Å²) in [6.45, 7) is 5.70. The van der Waals surface area contributed by atoms with Crippen molar-refractivity contribution in [1.29, 1.82) is 0 Å². The fourth-order valence-electron chi connectivity index (χ4n) is 2.73. The van der Waals surface area contributed by atoms with Crippen LogP contribution in [-0.2, 0) is 15.4 Å². The molecule has 0 unspecified atom stereocenters. The molecule has 3 rings (SSSR count). The Kier molecular flexibility index (Phi) is 7.23. The fraction of sp³-hybridized carbons (Fsp3) is 0.286. The second-order valence-electron chi connectivity index (χ2n) is 6.61. The van der Waals surface area contributed by atoms with Gasteiger partial charge in [-0.05, 0) is 61.4 Å². The molecule has 1 aromatic heterocycles. The van der Waals surface area contributed by atoms with Gasteiger partial charge in [-0.2, -0.15) is 5.10 Å². The van der Waals surface area contributed by atoms with Crippen LogP contribution in [0.2, 0.25) is 5.02 Å². The first-order valence-corrected chi connectivity index (χ1v) is 10.6. The Hall–Kier alpha value is -2.71. The van der Waals surface area contributed by atoms with Gasteiger partial charge >= 0.3 is 11.7 Å². The number of hydrogen-bond donors (Lipinski definition) is 0. The van der Waals surface area contributed by atoms with Gasteiger partial charge in [-0.15, -0.1) is 11.8 Å². The quantitative estimate of drug-likeness (QED) is 0.295. The molecule has 0 saturated carbocycles. The molecule has 7 nitrogen and oxygen atoms in total. The molecule has 0 N–H and O–H groups in total. The number of thioether (sulfide) groups is 1. The number of benzene rings is 2. The van der Waals surface area contributed by atoms with Crippen LogP contribution >= 0.6 is 23.4 Å². The third kappa shape index (κ3) is 5.46. The number of carbonyl (C=O) groups is 1. The zero-order valence-electron chi connectivity index (χ0n) is 16.9. The van der Waals surface area contributed by atoms with Gasteiger partial charge in [0.15, 0.2) is 0 Å². The summed E-state index contributed by atoms with van der Waals surface area (Å²) < 4.78 is 13.4. The Morgan fingerprint density at radius 1 is 1.13 bits per heavy atom. The topological polar surface area (TPSA) is 75.3 Å². The number of carbonyl (C=O) groups excluding carboxylic acids is 1. The molecular weight excluding hydrogens is 426 g/mol. The smallest absolute Gasteiger partial charge is 0.351 e. The van der Waals surface area contributed by atoms with E-state index in [-0.39, 0.29) is 18.3 Å². The molecular formula is C21H22ClN3O4S. The number of rotatable bonds is 8. The molecule has 0 amide bonds. The summed E-state index contributed by atoms with van der Waals surface area (Å²) in [7, 11) is 0. The third-order valence-electron chi connectivity index (χ3n) is 4.30. The minimum Gasteiger partial charge on any atom is -0.490 e. The van der Waals surface area contributed by atoms with Crippen molar-refractivity contribution in [3.8, 4) is 11.4 Å². The van der Waals surface area contributed by atoms with Crippen LogP contribution in [0.15, 0.2) is 52.4 Å². The minimum atomic E-state index is -0.328. The molecule has 9 heteroatoms. The SMILES string of the molecule is CC(=O)OCCOc1ccc(SCn2ncn(-c3ccc(Cl)c(C)c3)c2=O)cc1C. The summed E-state index contributed by atoms with van der Waals surface area (Å²) in [6.07, 6.45) is 1.51. The van der Waals surface area contributed by atoms with Crippen LogP contribution < -0.4 is 10.4 Å².